The van der Waals surface area contributed by atoms with Crippen molar-refractivity contribution in [1.82, 2.24) is 5.32 Å². The van der Waals surface area contributed by atoms with Crippen LogP contribution in [-0.4, -0.2) is 17.5 Å². The fraction of sp³-hybridized carbons (Fsp3) is 0.533. The summed E-state index contributed by atoms with van der Waals surface area (Å²) in [4.78, 5) is 4.64. The molecule has 1 atom stereocenters. The van der Waals surface area contributed by atoms with Gasteiger partial charge in [-0.2, -0.15) is 0 Å². The molecule has 0 bridgehead atoms. The van der Waals surface area contributed by atoms with E-state index in [4.69, 9.17) is 0 Å². The van der Waals surface area contributed by atoms with Crippen LogP contribution in [0.2, 0.25) is 0 Å². The maximum Gasteiger partial charge on any atom is 0.157 e. The monoisotopic (exact) mass is 262 g/mol. The zero-order valence-electron chi connectivity index (χ0n) is 11.2. The summed E-state index contributed by atoms with van der Waals surface area (Å²) in [6.07, 6.45) is 2.46. The molecule has 98 valence electrons. The molecule has 1 aromatic rings. The van der Waals surface area contributed by atoms with Crippen molar-refractivity contribution in [2.75, 3.05) is 12.3 Å². The second-order valence-corrected chi connectivity index (χ2v) is 6.15. The van der Waals surface area contributed by atoms with E-state index in [-0.39, 0.29) is 0 Å². The van der Waals surface area contributed by atoms with E-state index in [9.17, 15) is 0 Å². The summed E-state index contributed by atoms with van der Waals surface area (Å²) in [5.41, 5.74) is 1.36. The lowest BCUT2D eigenvalue weighted by atomic mass is 10.1. The standard InChI is InChI=1S/C15H22N2S/c1-12(2)7-6-10-16-15-17-14(11-18-15)13-8-4-3-5-9-13/h3-5,8-9,12,14H,6-7,10-11H2,1-2H3,(H,16,17). The minimum atomic E-state index is 0.431. The number of hydrogen-bond donors (Lipinski definition) is 1. The van der Waals surface area contributed by atoms with Gasteiger partial charge in [0, 0.05) is 12.3 Å². The van der Waals surface area contributed by atoms with Crippen LogP contribution in [0.15, 0.2) is 35.3 Å². The van der Waals surface area contributed by atoms with E-state index in [0.29, 0.717) is 6.04 Å². The Bertz CT molecular complexity index is 387. The predicted molar refractivity (Wildman–Crippen MR) is 81.2 cm³/mol. The van der Waals surface area contributed by atoms with Gasteiger partial charge in [0.2, 0.25) is 0 Å². The van der Waals surface area contributed by atoms with Gasteiger partial charge in [0.1, 0.15) is 0 Å². The van der Waals surface area contributed by atoms with Crippen LogP contribution in [0.5, 0.6) is 0 Å². The highest BCUT2D eigenvalue weighted by Crippen LogP contribution is 2.25. The Hall–Kier alpha value is -0.960. The number of aliphatic imine (C=N–C) groups is 1. The minimum absolute atomic E-state index is 0.431. The Morgan fingerprint density at radius 1 is 1.33 bits per heavy atom. The van der Waals surface area contributed by atoms with Crippen LogP contribution in [-0.2, 0) is 0 Å². The van der Waals surface area contributed by atoms with Crippen LogP contribution in [0, 0.1) is 5.92 Å². The third-order valence-corrected chi connectivity index (χ3v) is 4.10. The SMILES string of the molecule is CC(C)CCCN=C1NC(c2ccccc2)CS1. The van der Waals surface area contributed by atoms with Gasteiger partial charge in [0.05, 0.1) is 6.04 Å². The Kier molecular flexibility index (Phi) is 5.12. The molecule has 1 aliphatic heterocycles. The molecule has 1 N–H and O–H groups in total. The largest absolute Gasteiger partial charge is 0.357 e. The molecule has 0 amide bonds. The maximum atomic E-state index is 4.64. The first kappa shape index (κ1) is 13.5. The van der Waals surface area contributed by atoms with E-state index in [1.807, 2.05) is 11.8 Å². The number of hydrogen-bond acceptors (Lipinski definition) is 2. The topological polar surface area (TPSA) is 24.4 Å². The van der Waals surface area contributed by atoms with Gasteiger partial charge in [0.15, 0.2) is 5.17 Å². The van der Waals surface area contributed by atoms with Gasteiger partial charge in [-0.05, 0) is 24.3 Å². The summed E-state index contributed by atoms with van der Waals surface area (Å²) in [6, 6.07) is 11.0. The van der Waals surface area contributed by atoms with Crippen molar-refractivity contribution in [3.05, 3.63) is 35.9 Å². The fourth-order valence-corrected chi connectivity index (χ4v) is 3.04. The quantitative estimate of drug-likeness (QED) is 0.815. The molecule has 1 aromatic carbocycles. The molecule has 0 spiro atoms. The second-order valence-electron chi connectivity index (χ2n) is 5.14. The first-order chi connectivity index (χ1) is 8.75. The molecule has 2 rings (SSSR count). The Labute approximate surface area is 114 Å². The van der Waals surface area contributed by atoms with Crippen LogP contribution in [0.3, 0.4) is 0 Å². The molecule has 0 radical (unpaired) electrons. The smallest absolute Gasteiger partial charge is 0.157 e. The molecular formula is C15H22N2S. The molecule has 1 unspecified atom stereocenters. The highest BCUT2D eigenvalue weighted by atomic mass is 32.2. The summed E-state index contributed by atoms with van der Waals surface area (Å²) in [7, 11) is 0. The van der Waals surface area contributed by atoms with Crippen molar-refractivity contribution in [3.8, 4) is 0 Å². The number of amidine groups is 1. The van der Waals surface area contributed by atoms with Crippen LogP contribution >= 0.6 is 11.8 Å². The molecule has 1 saturated heterocycles. The van der Waals surface area contributed by atoms with E-state index in [1.54, 1.807) is 0 Å². The Balaban J connectivity index is 1.80. The lowest BCUT2D eigenvalue weighted by molar-refractivity contribution is 0.561. The van der Waals surface area contributed by atoms with Crippen molar-refractivity contribution < 1.29 is 0 Å². The summed E-state index contributed by atoms with van der Waals surface area (Å²) in [5.74, 6) is 1.87. The first-order valence-corrected chi connectivity index (χ1v) is 7.73. The molecular weight excluding hydrogens is 240 g/mol. The van der Waals surface area contributed by atoms with Gasteiger partial charge in [-0.1, -0.05) is 55.9 Å². The molecule has 2 nitrogen and oxygen atoms in total. The normalized spacial score (nSPS) is 21.5. The van der Waals surface area contributed by atoms with Gasteiger partial charge in [0.25, 0.3) is 0 Å². The number of benzene rings is 1. The van der Waals surface area contributed by atoms with Crippen molar-refractivity contribution in [3.63, 3.8) is 0 Å². The first-order valence-electron chi connectivity index (χ1n) is 6.74. The fourth-order valence-electron chi connectivity index (χ4n) is 2.03. The van der Waals surface area contributed by atoms with E-state index >= 15 is 0 Å². The van der Waals surface area contributed by atoms with Crippen molar-refractivity contribution in [1.29, 1.82) is 0 Å². The molecule has 0 aliphatic carbocycles. The predicted octanol–water partition coefficient (Wildman–Crippen LogP) is 3.86. The molecule has 3 heteroatoms. The zero-order valence-corrected chi connectivity index (χ0v) is 12.0. The molecule has 1 aliphatic rings. The second kappa shape index (κ2) is 6.83. The molecule has 0 saturated carbocycles. The minimum Gasteiger partial charge on any atom is -0.357 e. The summed E-state index contributed by atoms with van der Waals surface area (Å²) in [5, 5.41) is 4.63. The number of nitrogens with one attached hydrogen (secondary N) is 1. The van der Waals surface area contributed by atoms with Crippen molar-refractivity contribution >= 4 is 16.9 Å². The average Bonchev–Trinajstić information content (AvgIpc) is 2.84. The van der Waals surface area contributed by atoms with Crippen LogP contribution in [0.4, 0.5) is 0 Å². The lowest BCUT2D eigenvalue weighted by Crippen LogP contribution is -2.19. The highest BCUT2D eigenvalue weighted by molar-refractivity contribution is 8.14. The summed E-state index contributed by atoms with van der Waals surface area (Å²) < 4.78 is 0. The van der Waals surface area contributed by atoms with E-state index in [2.05, 4.69) is 54.5 Å². The Morgan fingerprint density at radius 2 is 2.11 bits per heavy atom. The number of thioether (sulfide) groups is 1. The summed E-state index contributed by atoms with van der Waals surface area (Å²) in [6.45, 7) is 5.48. The number of nitrogens with zero attached hydrogens (tertiary/aromatic N) is 1. The summed E-state index contributed by atoms with van der Waals surface area (Å²) >= 11 is 1.84. The van der Waals surface area contributed by atoms with Gasteiger partial charge < -0.3 is 5.32 Å². The highest BCUT2D eigenvalue weighted by Gasteiger charge is 2.21. The molecule has 1 fully saturated rings. The Morgan fingerprint density at radius 3 is 2.83 bits per heavy atom. The van der Waals surface area contributed by atoms with E-state index in [0.717, 1.165) is 23.4 Å². The third-order valence-electron chi connectivity index (χ3n) is 3.08. The van der Waals surface area contributed by atoms with Gasteiger partial charge in [-0.3, -0.25) is 4.99 Å². The van der Waals surface area contributed by atoms with Gasteiger partial charge in [-0.15, -0.1) is 0 Å². The van der Waals surface area contributed by atoms with Crippen LogP contribution in [0.25, 0.3) is 0 Å². The number of rotatable bonds is 5. The average molecular weight is 262 g/mol. The van der Waals surface area contributed by atoms with Gasteiger partial charge in [-0.25, -0.2) is 0 Å². The van der Waals surface area contributed by atoms with E-state index < -0.39 is 0 Å². The van der Waals surface area contributed by atoms with Crippen LogP contribution in [0.1, 0.15) is 38.3 Å². The van der Waals surface area contributed by atoms with E-state index in [1.165, 1.54) is 18.4 Å². The van der Waals surface area contributed by atoms with Crippen LogP contribution < -0.4 is 5.32 Å². The third kappa shape index (κ3) is 4.05. The maximum absolute atomic E-state index is 4.64. The zero-order chi connectivity index (χ0) is 12.8. The molecule has 0 aromatic heterocycles. The molecule has 18 heavy (non-hydrogen) atoms. The molecule has 1 heterocycles. The van der Waals surface area contributed by atoms with Crippen molar-refractivity contribution in [2.45, 2.75) is 32.7 Å². The van der Waals surface area contributed by atoms with Crippen molar-refractivity contribution in [2.24, 2.45) is 10.9 Å². The lowest BCUT2D eigenvalue weighted by Gasteiger charge is -2.09. The van der Waals surface area contributed by atoms with Gasteiger partial charge >= 0.3 is 0 Å².